The first kappa shape index (κ1) is 8.76. The van der Waals surface area contributed by atoms with Crippen LogP contribution in [0, 0.1) is 0 Å². The van der Waals surface area contributed by atoms with Crippen molar-refractivity contribution in [2.45, 2.75) is 25.5 Å². The average Bonchev–Trinajstić information content (AvgIpc) is 1.87. The van der Waals surface area contributed by atoms with Crippen molar-refractivity contribution >= 4 is 16.9 Å². The highest BCUT2D eigenvalue weighted by Gasteiger charge is 2.02. The van der Waals surface area contributed by atoms with Crippen LogP contribution in [0.1, 0.15) is 20.3 Å². The Bertz CT molecular complexity index is 109. The summed E-state index contributed by atoms with van der Waals surface area (Å²) >= 11 is 1.34. The topological polar surface area (TPSA) is 17.1 Å². The molecule has 0 aromatic rings. The first-order valence-electron chi connectivity index (χ1n) is 3.03. The summed E-state index contributed by atoms with van der Waals surface area (Å²) in [6, 6.07) is 0. The van der Waals surface area contributed by atoms with E-state index in [2.05, 4.69) is 13.5 Å². The Morgan fingerprint density at radius 1 is 1.89 bits per heavy atom. The van der Waals surface area contributed by atoms with Crippen LogP contribution < -0.4 is 0 Å². The first-order chi connectivity index (χ1) is 4.20. The molecule has 0 rings (SSSR count). The Morgan fingerprint density at radius 3 is 2.78 bits per heavy atom. The highest BCUT2D eigenvalue weighted by atomic mass is 32.2. The Labute approximate surface area is 60.5 Å². The first-order valence-corrected chi connectivity index (χ1v) is 3.91. The van der Waals surface area contributed by atoms with Gasteiger partial charge in [0.25, 0.3) is 0 Å². The molecule has 0 N–H and O–H groups in total. The summed E-state index contributed by atoms with van der Waals surface area (Å²) in [5, 5.41) is 0.500. The van der Waals surface area contributed by atoms with Crippen molar-refractivity contribution in [2.24, 2.45) is 0 Å². The van der Waals surface area contributed by atoms with Crippen LogP contribution in [0.2, 0.25) is 0 Å². The maximum absolute atomic E-state index is 10.6. The third-order valence-corrected chi connectivity index (χ3v) is 2.19. The van der Waals surface area contributed by atoms with Crippen molar-refractivity contribution in [3.63, 3.8) is 0 Å². The SMILES string of the molecule is C=CC(=O)SC(C)CC. The summed E-state index contributed by atoms with van der Waals surface area (Å²) in [6.07, 6.45) is 2.39. The molecule has 52 valence electrons. The van der Waals surface area contributed by atoms with Gasteiger partial charge in [-0.3, -0.25) is 4.79 Å². The van der Waals surface area contributed by atoms with Crippen LogP contribution in [0.3, 0.4) is 0 Å². The van der Waals surface area contributed by atoms with Crippen molar-refractivity contribution in [2.75, 3.05) is 0 Å². The van der Waals surface area contributed by atoms with Crippen LogP contribution in [0.25, 0.3) is 0 Å². The maximum Gasteiger partial charge on any atom is 0.211 e. The third-order valence-electron chi connectivity index (χ3n) is 1.06. The number of hydrogen-bond donors (Lipinski definition) is 0. The van der Waals surface area contributed by atoms with E-state index >= 15 is 0 Å². The zero-order chi connectivity index (χ0) is 7.28. The lowest BCUT2D eigenvalue weighted by Crippen LogP contribution is -1.96. The molecule has 0 saturated heterocycles. The van der Waals surface area contributed by atoms with Gasteiger partial charge < -0.3 is 0 Å². The molecule has 0 bridgehead atoms. The van der Waals surface area contributed by atoms with Crippen molar-refractivity contribution in [1.29, 1.82) is 0 Å². The molecule has 2 heteroatoms. The van der Waals surface area contributed by atoms with Crippen molar-refractivity contribution in [1.82, 2.24) is 0 Å². The van der Waals surface area contributed by atoms with Crippen molar-refractivity contribution in [3.05, 3.63) is 12.7 Å². The minimum Gasteiger partial charge on any atom is -0.282 e. The molecule has 0 amide bonds. The molecule has 0 aromatic heterocycles. The largest absolute Gasteiger partial charge is 0.282 e. The van der Waals surface area contributed by atoms with Crippen LogP contribution in [0.4, 0.5) is 0 Å². The van der Waals surface area contributed by atoms with Gasteiger partial charge in [-0.25, -0.2) is 0 Å². The van der Waals surface area contributed by atoms with Crippen LogP contribution in [-0.4, -0.2) is 10.4 Å². The second-order valence-electron chi connectivity index (χ2n) is 1.86. The van der Waals surface area contributed by atoms with E-state index in [0.29, 0.717) is 5.25 Å². The third kappa shape index (κ3) is 4.28. The molecule has 0 aliphatic heterocycles. The van der Waals surface area contributed by atoms with Gasteiger partial charge in [0.05, 0.1) is 0 Å². The van der Waals surface area contributed by atoms with Crippen LogP contribution in [0.15, 0.2) is 12.7 Å². The highest BCUT2D eigenvalue weighted by Crippen LogP contribution is 2.14. The minimum absolute atomic E-state index is 0.0735. The fraction of sp³-hybridized carbons (Fsp3) is 0.571. The Balaban J connectivity index is 3.46. The quantitative estimate of drug-likeness (QED) is 0.565. The van der Waals surface area contributed by atoms with Gasteiger partial charge in [-0.1, -0.05) is 32.2 Å². The number of rotatable bonds is 3. The van der Waals surface area contributed by atoms with E-state index in [-0.39, 0.29) is 5.12 Å². The van der Waals surface area contributed by atoms with Gasteiger partial charge in [0.2, 0.25) is 5.12 Å². The van der Waals surface area contributed by atoms with E-state index in [4.69, 9.17) is 0 Å². The summed E-state index contributed by atoms with van der Waals surface area (Å²) in [6.45, 7) is 7.47. The minimum atomic E-state index is 0.0735. The maximum atomic E-state index is 10.6. The molecule has 0 radical (unpaired) electrons. The lowest BCUT2D eigenvalue weighted by atomic mass is 10.4. The lowest BCUT2D eigenvalue weighted by Gasteiger charge is -2.02. The average molecular weight is 144 g/mol. The summed E-state index contributed by atoms with van der Waals surface area (Å²) in [4.78, 5) is 10.6. The fourth-order valence-electron chi connectivity index (χ4n) is 0.330. The molecule has 1 nitrogen and oxygen atoms in total. The van der Waals surface area contributed by atoms with E-state index < -0.39 is 0 Å². The molecule has 0 aliphatic carbocycles. The number of carbonyl (C=O) groups excluding carboxylic acids is 1. The smallest absolute Gasteiger partial charge is 0.211 e. The van der Waals surface area contributed by atoms with Crippen molar-refractivity contribution < 1.29 is 4.79 Å². The molecule has 0 aromatic carbocycles. The van der Waals surface area contributed by atoms with E-state index in [1.165, 1.54) is 17.8 Å². The predicted octanol–water partition coefficient (Wildman–Crippen LogP) is 2.23. The summed E-state index contributed by atoms with van der Waals surface area (Å²) in [7, 11) is 0. The molecule has 0 aliphatic rings. The number of thioether (sulfide) groups is 1. The molecule has 0 saturated carbocycles. The fourth-order valence-corrected chi connectivity index (χ4v) is 0.989. The molecule has 1 unspecified atom stereocenters. The summed E-state index contributed by atoms with van der Waals surface area (Å²) < 4.78 is 0. The summed E-state index contributed by atoms with van der Waals surface area (Å²) in [5.74, 6) is 0. The lowest BCUT2D eigenvalue weighted by molar-refractivity contribution is -0.107. The second kappa shape index (κ2) is 4.62. The molecule has 0 fully saturated rings. The van der Waals surface area contributed by atoms with E-state index in [1.54, 1.807) is 0 Å². The Hall–Kier alpha value is -0.240. The molecule has 0 heterocycles. The normalized spacial score (nSPS) is 12.7. The van der Waals surface area contributed by atoms with Gasteiger partial charge >= 0.3 is 0 Å². The van der Waals surface area contributed by atoms with E-state index in [1.807, 2.05) is 6.92 Å². The van der Waals surface area contributed by atoms with E-state index in [0.717, 1.165) is 6.42 Å². The van der Waals surface area contributed by atoms with Crippen LogP contribution in [-0.2, 0) is 4.79 Å². The second-order valence-corrected chi connectivity index (χ2v) is 3.30. The predicted molar refractivity (Wildman–Crippen MR) is 42.5 cm³/mol. The van der Waals surface area contributed by atoms with Crippen LogP contribution >= 0.6 is 11.8 Å². The zero-order valence-corrected chi connectivity index (χ0v) is 6.70. The zero-order valence-electron chi connectivity index (χ0n) is 5.89. The Kier molecular flexibility index (Phi) is 4.50. The van der Waals surface area contributed by atoms with Crippen LogP contribution in [0.5, 0.6) is 0 Å². The molecule has 9 heavy (non-hydrogen) atoms. The van der Waals surface area contributed by atoms with Gasteiger partial charge in [0.1, 0.15) is 0 Å². The van der Waals surface area contributed by atoms with Gasteiger partial charge in [-0.2, -0.15) is 0 Å². The Morgan fingerprint density at radius 2 is 2.44 bits per heavy atom. The molecule has 1 atom stereocenters. The van der Waals surface area contributed by atoms with Gasteiger partial charge in [-0.15, -0.1) is 0 Å². The standard InChI is InChI=1S/C7H12OS/c1-4-6(3)9-7(8)5-2/h5-6H,2,4H2,1,3H3. The molecular weight excluding hydrogens is 132 g/mol. The monoisotopic (exact) mass is 144 g/mol. The summed E-state index contributed by atoms with van der Waals surface area (Å²) in [5.41, 5.74) is 0. The number of hydrogen-bond acceptors (Lipinski definition) is 2. The molecule has 0 spiro atoms. The van der Waals surface area contributed by atoms with Gasteiger partial charge in [0.15, 0.2) is 0 Å². The number of carbonyl (C=O) groups is 1. The van der Waals surface area contributed by atoms with Crippen molar-refractivity contribution in [3.8, 4) is 0 Å². The highest BCUT2D eigenvalue weighted by molar-refractivity contribution is 8.14. The molecular formula is C7H12OS. The van der Waals surface area contributed by atoms with Gasteiger partial charge in [0, 0.05) is 5.25 Å². The van der Waals surface area contributed by atoms with E-state index in [9.17, 15) is 4.79 Å². The van der Waals surface area contributed by atoms with Gasteiger partial charge in [-0.05, 0) is 12.5 Å².